The molecule has 20 heavy (non-hydrogen) atoms. The molecule has 4 nitrogen and oxygen atoms in total. The first-order valence-corrected chi connectivity index (χ1v) is 7.64. The average molecular weight is 297 g/mol. The summed E-state index contributed by atoms with van der Waals surface area (Å²) >= 11 is 5.91. The molecule has 0 spiro atoms. The van der Waals surface area contributed by atoms with Crippen molar-refractivity contribution in [3.63, 3.8) is 0 Å². The molecule has 0 radical (unpaired) electrons. The van der Waals surface area contributed by atoms with Crippen LogP contribution in [0.3, 0.4) is 0 Å². The minimum Gasteiger partial charge on any atom is -0.390 e. The number of ether oxygens (including phenoxy) is 1. The number of hydrogen-bond donors (Lipinski definition) is 1. The minimum atomic E-state index is -0.655. The highest BCUT2D eigenvalue weighted by Crippen LogP contribution is 2.37. The summed E-state index contributed by atoms with van der Waals surface area (Å²) < 4.78 is 5.61. The van der Waals surface area contributed by atoms with E-state index in [-0.39, 0.29) is 5.92 Å². The van der Waals surface area contributed by atoms with Gasteiger partial charge in [-0.1, -0.05) is 11.6 Å². The highest BCUT2D eigenvalue weighted by Gasteiger charge is 2.44. The molecular weight excluding hydrogens is 276 g/mol. The third kappa shape index (κ3) is 2.65. The van der Waals surface area contributed by atoms with E-state index in [2.05, 4.69) is 9.88 Å². The van der Waals surface area contributed by atoms with Crippen LogP contribution in [0.4, 0.5) is 5.82 Å². The molecule has 5 heteroatoms. The number of pyridine rings is 1. The van der Waals surface area contributed by atoms with Crippen molar-refractivity contribution >= 4 is 17.4 Å². The van der Waals surface area contributed by atoms with E-state index in [0.717, 1.165) is 25.2 Å². The van der Waals surface area contributed by atoms with Gasteiger partial charge < -0.3 is 14.7 Å². The summed E-state index contributed by atoms with van der Waals surface area (Å²) in [6.45, 7) is 4.19. The fourth-order valence-electron chi connectivity index (χ4n) is 3.41. The summed E-state index contributed by atoms with van der Waals surface area (Å²) in [5, 5.41) is 11.3. The van der Waals surface area contributed by atoms with Crippen molar-refractivity contribution in [2.75, 3.05) is 24.7 Å². The molecule has 1 N–H and O–H groups in total. The van der Waals surface area contributed by atoms with Crippen molar-refractivity contribution in [1.82, 2.24) is 4.98 Å². The third-order valence-corrected chi connectivity index (χ3v) is 4.84. The molecule has 0 bridgehead atoms. The Morgan fingerprint density at radius 1 is 1.50 bits per heavy atom. The van der Waals surface area contributed by atoms with Crippen molar-refractivity contribution in [2.24, 2.45) is 5.92 Å². The Labute approximate surface area is 124 Å². The maximum Gasteiger partial charge on any atom is 0.128 e. The van der Waals surface area contributed by atoms with Gasteiger partial charge >= 0.3 is 0 Å². The summed E-state index contributed by atoms with van der Waals surface area (Å²) in [7, 11) is 0. The Morgan fingerprint density at radius 2 is 2.35 bits per heavy atom. The van der Waals surface area contributed by atoms with E-state index < -0.39 is 5.60 Å². The molecule has 2 aliphatic rings. The fourth-order valence-corrected chi connectivity index (χ4v) is 3.52. The number of aromatic nitrogens is 1. The number of nitrogens with zero attached hydrogens (tertiary/aromatic N) is 2. The quantitative estimate of drug-likeness (QED) is 0.911. The van der Waals surface area contributed by atoms with Gasteiger partial charge in [-0.2, -0.15) is 0 Å². The van der Waals surface area contributed by atoms with Gasteiger partial charge in [-0.05, 0) is 38.3 Å². The van der Waals surface area contributed by atoms with Gasteiger partial charge in [-0.25, -0.2) is 4.98 Å². The first-order valence-electron chi connectivity index (χ1n) is 7.26. The van der Waals surface area contributed by atoms with Gasteiger partial charge in [-0.3, -0.25) is 0 Å². The lowest BCUT2D eigenvalue weighted by Crippen LogP contribution is -2.52. The van der Waals surface area contributed by atoms with Gasteiger partial charge in [0.25, 0.3) is 0 Å². The molecule has 2 fully saturated rings. The predicted octanol–water partition coefficient (Wildman–Crippen LogP) is 2.49. The molecule has 2 aliphatic heterocycles. The fraction of sp³-hybridized carbons (Fsp3) is 0.667. The number of halogens is 1. The summed E-state index contributed by atoms with van der Waals surface area (Å²) in [5.41, 5.74) is -0.655. The second-order valence-electron chi connectivity index (χ2n) is 6.03. The first kappa shape index (κ1) is 14.1. The zero-order valence-electron chi connectivity index (χ0n) is 11.8. The first-order chi connectivity index (χ1) is 9.58. The Hall–Kier alpha value is -0.840. The van der Waals surface area contributed by atoms with Gasteiger partial charge in [0.1, 0.15) is 5.82 Å². The molecule has 3 atom stereocenters. The molecule has 0 aromatic carbocycles. The molecule has 1 aromatic heterocycles. The highest BCUT2D eigenvalue weighted by atomic mass is 35.5. The van der Waals surface area contributed by atoms with Crippen LogP contribution in [0.15, 0.2) is 18.3 Å². The molecular formula is C15H21ClN2O2. The largest absolute Gasteiger partial charge is 0.390 e. The predicted molar refractivity (Wildman–Crippen MR) is 79.2 cm³/mol. The molecule has 0 unspecified atom stereocenters. The van der Waals surface area contributed by atoms with Crippen molar-refractivity contribution in [1.29, 1.82) is 0 Å². The molecule has 0 saturated carbocycles. The van der Waals surface area contributed by atoms with Gasteiger partial charge in [0, 0.05) is 31.3 Å². The van der Waals surface area contributed by atoms with E-state index in [9.17, 15) is 5.11 Å². The minimum absolute atomic E-state index is 0.135. The van der Waals surface area contributed by atoms with Crippen LogP contribution in [0.5, 0.6) is 0 Å². The standard InChI is InChI=1S/C15H21ClN2O2/c1-15(19)6-8-20-10-12(15)13-3-2-7-18(13)14-5-4-11(16)9-17-14/h4-5,9,12-13,19H,2-3,6-8,10H2,1H3/t12-,13+,15+/m1/s1. The van der Waals surface area contributed by atoms with E-state index in [1.54, 1.807) is 6.20 Å². The summed E-state index contributed by atoms with van der Waals surface area (Å²) in [6, 6.07) is 4.12. The molecule has 3 rings (SSSR count). The van der Waals surface area contributed by atoms with Crippen LogP contribution in [0.25, 0.3) is 0 Å². The lowest BCUT2D eigenvalue weighted by atomic mass is 9.79. The zero-order chi connectivity index (χ0) is 14.2. The second-order valence-corrected chi connectivity index (χ2v) is 6.46. The lowest BCUT2D eigenvalue weighted by Gasteiger charge is -2.43. The lowest BCUT2D eigenvalue weighted by molar-refractivity contribution is -0.108. The molecule has 1 aromatic rings. The van der Waals surface area contributed by atoms with E-state index >= 15 is 0 Å². The molecule has 0 amide bonds. The average Bonchev–Trinajstić information content (AvgIpc) is 2.88. The maximum atomic E-state index is 10.7. The molecule has 3 heterocycles. The van der Waals surface area contributed by atoms with Crippen LogP contribution in [-0.2, 0) is 4.74 Å². The summed E-state index contributed by atoms with van der Waals surface area (Å²) in [5.74, 6) is 1.08. The zero-order valence-corrected chi connectivity index (χ0v) is 12.5. The van der Waals surface area contributed by atoms with Gasteiger partial charge in [-0.15, -0.1) is 0 Å². The maximum absolute atomic E-state index is 10.7. The number of rotatable bonds is 2. The summed E-state index contributed by atoms with van der Waals surface area (Å²) in [6.07, 6.45) is 4.59. The van der Waals surface area contributed by atoms with Crippen LogP contribution in [0.2, 0.25) is 5.02 Å². The van der Waals surface area contributed by atoms with Crippen LogP contribution >= 0.6 is 11.6 Å². The molecule has 2 saturated heterocycles. The number of anilines is 1. The SMILES string of the molecule is C[C@]1(O)CCOC[C@@H]1[C@@H]1CCCN1c1ccc(Cl)cn1. The smallest absolute Gasteiger partial charge is 0.128 e. The second kappa shape index (κ2) is 5.51. The van der Waals surface area contributed by atoms with Gasteiger partial charge in [0.15, 0.2) is 0 Å². The Bertz CT molecular complexity index is 463. The Morgan fingerprint density at radius 3 is 3.05 bits per heavy atom. The van der Waals surface area contributed by atoms with Crippen LogP contribution in [0, 0.1) is 5.92 Å². The van der Waals surface area contributed by atoms with Crippen LogP contribution in [-0.4, -0.2) is 41.5 Å². The Balaban J connectivity index is 1.83. The topological polar surface area (TPSA) is 45.6 Å². The number of hydrogen-bond acceptors (Lipinski definition) is 4. The van der Waals surface area contributed by atoms with Gasteiger partial charge in [0.2, 0.25) is 0 Å². The van der Waals surface area contributed by atoms with Crippen molar-refractivity contribution in [3.8, 4) is 0 Å². The molecule has 0 aliphatic carbocycles. The van der Waals surface area contributed by atoms with Crippen LogP contribution in [0.1, 0.15) is 26.2 Å². The third-order valence-electron chi connectivity index (χ3n) is 4.62. The number of aliphatic hydroxyl groups is 1. The monoisotopic (exact) mass is 296 g/mol. The molecule has 110 valence electrons. The Kier molecular flexibility index (Phi) is 3.89. The van der Waals surface area contributed by atoms with Crippen molar-refractivity contribution in [3.05, 3.63) is 23.4 Å². The normalized spacial score (nSPS) is 34.5. The van der Waals surface area contributed by atoms with E-state index in [1.807, 2.05) is 19.1 Å². The van der Waals surface area contributed by atoms with Gasteiger partial charge in [0.05, 0.1) is 17.2 Å². The van der Waals surface area contributed by atoms with Crippen LogP contribution < -0.4 is 4.90 Å². The van der Waals surface area contributed by atoms with Crippen molar-refractivity contribution in [2.45, 2.75) is 37.8 Å². The van der Waals surface area contributed by atoms with E-state index in [4.69, 9.17) is 16.3 Å². The van der Waals surface area contributed by atoms with E-state index in [0.29, 0.717) is 30.7 Å². The highest BCUT2D eigenvalue weighted by molar-refractivity contribution is 6.30. The summed E-state index contributed by atoms with van der Waals surface area (Å²) in [4.78, 5) is 6.72. The van der Waals surface area contributed by atoms with Crippen molar-refractivity contribution < 1.29 is 9.84 Å². The van der Waals surface area contributed by atoms with E-state index in [1.165, 1.54) is 0 Å².